The molecular weight excluding hydrogens is 287 g/mol. The van der Waals surface area contributed by atoms with E-state index >= 15 is 0 Å². The van der Waals surface area contributed by atoms with Crippen molar-refractivity contribution >= 4 is 0 Å². The monoisotopic (exact) mass is 308 g/mol. The number of rotatable bonds is 10. The number of aliphatic hydroxyl groups is 2. The molecule has 0 amide bonds. The Bertz CT molecular complexity index is 264. The van der Waals surface area contributed by atoms with E-state index in [1.165, 1.54) is 0 Å². The van der Waals surface area contributed by atoms with Crippen molar-refractivity contribution < 1.29 is 36.9 Å². The molecule has 0 bridgehead atoms. The summed E-state index contributed by atoms with van der Waals surface area (Å²) in [5.41, 5.74) is -0.936. The fourth-order valence-electron chi connectivity index (χ4n) is 1.79. The lowest BCUT2D eigenvalue weighted by atomic mass is 9.86. The standard InChI is InChI=1S/C12H21F5O3/c1-2-3-10(7-18,8-19)9-20-5-4-11(13,14)6-12(15,16)17/h18-19H,2-9H2,1H3. The molecule has 0 aliphatic rings. The maximum atomic E-state index is 13.0. The van der Waals surface area contributed by atoms with E-state index in [9.17, 15) is 32.2 Å². The molecule has 3 nitrogen and oxygen atoms in total. The average molecular weight is 308 g/mol. The van der Waals surface area contributed by atoms with Gasteiger partial charge in [-0.3, -0.25) is 0 Å². The minimum absolute atomic E-state index is 0.171. The fraction of sp³-hybridized carbons (Fsp3) is 1.00. The van der Waals surface area contributed by atoms with E-state index in [1.54, 1.807) is 0 Å². The van der Waals surface area contributed by atoms with Gasteiger partial charge in [-0.05, 0) is 6.42 Å². The van der Waals surface area contributed by atoms with Crippen molar-refractivity contribution in [2.24, 2.45) is 5.41 Å². The van der Waals surface area contributed by atoms with E-state index in [2.05, 4.69) is 0 Å². The van der Waals surface area contributed by atoms with Crippen molar-refractivity contribution in [2.75, 3.05) is 26.4 Å². The van der Waals surface area contributed by atoms with Gasteiger partial charge in [-0.1, -0.05) is 13.3 Å². The van der Waals surface area contributed by atoms with Crippen LogP contribution in [-0.2, 0) is 4.74 Å². The minimum Gasteiger partial charge on any atom is -0.396 e. The predicted octanol–water partition coefficient (Wildman–Crippen LogP) is 2.75. The summed E-state index contributed by atoms with van der Waals surface area (Å²) < 4.78 is 66.4. The zero-order valence-electron chi connectivity index (χ0n) is 11.3. The van der Waals surface area contributed by atoms with Gasteiger partial charge in [0, 0.05) is 11.8 Å². The lowest BCUT2D eigenvalue weighted by molar-refractivity contribution is -0.192. The van der Waals surface area contributed by atoms with Gasteiger partial charge in [-0.25, -0.2) is 8.78 Å². The van der Waals surface area contributed by atoms with Gasteiger partial charge in [0.15, 0.2) is 0 Å². The van der Waals surface area contributed by atoms with Crippen molar-refractivity contribution in [1.82, 2.24) is 0 Å². The highest BCUT2D eigenvalue weighted by Crippen LogP contribution is 2.34. The first-order valence-electron chi connectivity index (χ1n) is 6.34. The lowest BCUT2D eigenvalue weighted by Crippen LogP contribution is -2.36. The van der Waals surface area contributed by atoms with E-state index in [0.717, 1.165) is 0 Å². The summed E-state index contributed by atoms with van der Waals surface area (Å²) in [5.74, 6) is -3.87. The second-order valence-corrected chi connectivity index (χ2v) is 5.02. The highest BCUT2D eigenvalue weighted by molar-refractivity contribution is 4.77. The Balaban J connectivity index is 4.17. The molecular formula is C12H21F5O3. The van der Waals surface area contributed by atoms with Gasteiger partial charge in [0.25, 0.3) is 5.92 Å². The van der Waals surface area contributed by atoms with Crippen LogP contribution in [0.1, 0.15) is 32.6 Å². The highest BCUT2D eigenvalue weighted by Gasteiger charge is 2.43. The summed E-state index contributed by atoms with van der Waals surface area (Å²) in [4.78, 5) is 0. The molecule has 0 atom stereocenters. The number of halogens is 5. The molecule has 0 radical (unpaired) electrons. The molecule has 0 aliphatic heterocycles. The van der Waals surface area contributed by atoms with Crippen LogP contribution in [0.15, 0.2) is 0 Å². The van der Waals surface area contributed by atoms with Crippen molar-refractivity contribution in [2.45, 2.75) is 44.7 Å². The Kier molecular flexibility index (Phi) is 7.90. The third-order valence-electron chi connectivity index (χ3n) is 2.93. The Labute approximate surface area is 114 Å². The Morgan fingerprint density at radius 2 is 1.50 bits per heavy atom. The van der Waals surface area contributed by atoms with Gasteiger partial charge in [0.1, 0.15) is 6.42 Å². The molecule has 8 heteroatoms. The third-order valence-corrected chi connectivity index (χ3v) is 2.93. The zero-order chi connectivity index (χ0) is 15.9. The second kappa shape index (κ2) is 8.09. The highest BCUT2D eigenvalue weighted by atomic mass is 19.4. The maximum Gasteiger partial charge on any atom is 0.394 e. The molecule has 0 unspecified atom stereocenters. The van der Waals surface area contributed by atoms with Crippen LogP contribution in [0.3, 0.4) is 0 Å². The number of aliphatic hydroxyl groups excluding tert-OH is 2. The molecule has 0 saturated heterocycles. The van der Waals surface area contributed by atoms with Gasteiger partial charge in [-0.2, -0.15) is 13.2 Å². The topological polar surface area (TPSA) is 49.7 Å². The largest absolute Gasteiger partial charge is 0.396 e. The van der Waals surface area contributed by atoms with Crippen molar-refractivity contribution in [3.63, 3.8) is 0 Å². The number of alkyl halides is 5. The molecule has 0 saturated carbocycles. The minimum atomic E-state index is -4.92. The summed E-state index contributed by atoms with van der Waals surface area (Å²) in [6.45, 7) is 0.328. The van der Waals surface area contributed by atoms with Crippen LogP contribution in [0.2, 0.25) is 0 Å². The van der Waals surface area contributed by atoms with Crippen LogP contribution < -0.4 is 0 Å². The quantitative estimate of drug-likeness (QED) is 0.482. The van der Waals surface area contributed by atoms with Crippen LogP contribution in [0.5, 0.6) is 0 Å². The third kappa shape index (κ3) is 7.96. The van der Waals surface area contributed by atoms with Gasteiger partial charge in [0.2, 0.25) is 0 Å². The molecule has 122 valence electrons. The summed E-state index contributed by atoms with van der Waals surface area (Å²) in [5, 5.41) is 18.4. The first kappa shape index (κ1) is 19.5. The molecule has 0 spiro atoms. The predicted molar refractivity (Wildman–Crippen MR) is 62.6 cm³/mol. The number of hydrogen-bond acceptors (Lipinski definition) is 3. The molecule has 0 fully saturated rings. The molecule has 0 aromatic heterocycles. The summed E-state index contributed by atoms with van der Waals surface area (Å²) in [7, 11) is 0. The van der Waals surface area contributed by atoms with Crippen LogP contribution in [-0.4, -0.2) is 48.7 Å². The molecule has 0 aromatic carbocycles. The van der Waals surface area contributed by atoms with Gasteiger partial charge in [0.05, 0.1) is 26.4 Å². The Morgan fingerprint density at radius 1 is 0.950 bits per heavy atom. The second-order valence-electron chi connectivity index (χ2n) is 5.02. The van der Waals surface area contributed by atoms with Crippen molar-refractivity contribution in [1.29, 1.82) is 0 Å². The maximum absolute atomic E-state index is 13.0. The molecule has 2 N–H and O–H groups in total. The average Bonchev–Trinajstić information content (AvgIpc) is 2.30. The van der Waals surface area contributed by atoms with E-state index in [-0.39, 0.29) is 19.8 Å². The van der Waals surface area contributed by atoms with E-state index < -0.39 is 37.0 Å². The molecule has 0 aromatic rings. The SMILES string of the molecule is CCCC(CO)(CO)COCCC(F)(F)CC(F)(F)F. The summed E-state index contributed by atoms with van der Waals surface area (Å²) in [6, 6.07) is 0. The van der Waals surface area contributed by atoms with Gasteiger partial charge >= 0.3 is 6.18 Å². The Morgan fingerprint density at radius 3 is 1.90 bits per heavy atom. The van der Waals surface area contributed by atoms with Crippen molar-refractivity contribution in [3.05, 3.63) is 0 Å². The number of hydrogen-bond donors (Lipinski definition) is 2. The normalized spacial score (nSPS) is 13.8. The van der Waals surface area contributed by atoms with E-state index in [4.69, 9.17) is 4.74 Å². The van der Waals surface area contributed by atoms with E-state index in [0.29, 0.717) is 12.8 Å². The molecule has 20 heavy (non-hydrogen) atoms. The van der Waals surface area contributed by atoms with Crippen LogP contribution in [0.4, 0.5) is 22.0 Å². The van der Waals surface area contributed by atoms with Crippen molar-refractivity contribution in [3.8, 4) is 0 Å². The molecule has 0 rings (SSSR count). The smallest absolute Gasteiger partial charge is 0.394 e. The van der Waals surface area contributed by atoms with Crippen LogP contribution in [0, 0.1) is 5.41 Å². The van der Waals surface area contributed by atoms with Crippen LogP contribution in [0.25, 0.3) is 0 Å². The fourth-order valence-corrected chi connectivity index (χ4v) is 1.79. The molecule has 0 aliphatic carbocycles. The first-order valence-corrected chi connectivity index (χ1v) is 6.34. The number of ether oxygens (including phenoxy) is 1. The molecule has 0 heterocycles. The summed E-state index contributed by atoms with van der Waals surface area (Å²) >= 11 is 0. The zero-order valence-corrected chi connectivity index (χ0v) is 11.3. The van der Waals surface area contributed by atoms with Crippen LogP contribution >= 0.6 is 0 Å². The van der Waals surface area contributed by atoms with Gasteiger partial charge < -0.3 is 14.9 Å². The van der Waals surface area contributed by atoms with E-state index in [1.807, 2.05) is 6.92 Å². The van der Waals surface area contributed by atoms with Gasteiger partial charge in [-0.15, -0.1) is 0 Å². The Hall–Kier alpha value is -0.470. The lowest BCUT2D eigenvalue weighted by Gasteiger charge is -2.29. The first-order chi connectivity index (χ1) is 9.10. The summed E-state index contributed by atoms with van der Waals surface area (Å²) in [6.07, 6.45) is -7.08.